The number of methoxy groups -OCH3 is 1. The fourth-order valence-electron chi connectivity index (χ4n) is 7.13. The van der Waals surface area contributed by atoms with E-state index in [1.807, 2.05) is 0 Å². The number of pyridine rings is 1. The number of amides is 6. The molecule has 9 N–H and O–H groups in total. The zero-order chi connectivity index (χ0) is 45.8. The molecule has 0 saturated heterocycles. The fraction of sp³-hybridized carbons (Fsp3) is 0.250. The van der Waals surface area contributed by atoms with Crippen LogP contribution in [0.1, 0.15) is 16.7 Å². The summed E-state index contributed by atoms with van der Waals surface area (Å²) in [4.78, 5) is 94.8. The second kappa shape index (κ2) is 20.6. The lowest BCUT2D eigenvalue weighted by Gasteiger charge is -2.44. The number of nitrogens with two attached hydrogens (primary N) is 1. The summed E-state index contributed by atoms with van der Waals surface area (Å²) in [6.45, 7) is -1.70. The number of fused-ring (bicyclic) bond motifs is 1. The van der Waals surface area contributed by atoms with Crippen LogP contribution in [0.15, 0.2) is 102 Å². The highest BCUT2D eigenvalue weighted by Crippen LogP contribution is 2.42. The third kappa shape index (κ3) is 11.5. The smallest absolute Gasteiger partial charge is 0.407 e. The number of likely N-dealkylation sites (N-methyl/N-ethyl adjacent to an activating group) is 2. The summed E-state index contributed by atoms with van der Waals surface area (Å²) in [5, 5.41) is 30.7. The summed E-state index contributed by atoms with van der Waals surface area (Å²) in [6, 6.07) is 23.9. The maximum absolute atomic E-state index is 14.2. The monoisotopic (exact) mass is 866 g/mol. The van der Waals surface area contributed by atoms with Crippen LogP contribution in [0.3, 0.4) is 0 Å². The van der Waals surface area contributed by atoms with Crippen LogP contribution in [0, 0.1) is 5.82 Å². The Balaban J connectivity index is 1.43. The second-order valence-electron chi connectivity index (χ2n) is 14.6. The third-order valence-corrected chi connectivity index (χ3v) is 10.3. The molecule has 1 unspecified atom stereocenters. The van der Waals surface area contributed by atoms with Gasteiger partial charge in [-0.3, -0.25) is 28.9 Å². The van der Waals surface area contributed by atoms with Crippen LogP contribution < -0.4 is 37.2 Å². The largest absolute Gasteiger partial charge is 0.496 e. The summed E-state index contributed by atoms with van der Waals surface area (Å²) < 4.78 is 19.9. The number of ether oxygens (including phenoxy) is 1. The Morgan fingerprint density at radius 1 is 0.825 bits per heavy atom. The van der Waals surface area contributed by atoms with E-state index in [0.29, 0.717) is 11.1 Å². The van der Waals surface area contributed by atoms with Crippen LogP contribution in [0.2, 0.25) is 0 Å². The zero-order valence-electron chi connectivity index (χ0n) is 34.6. The fourth-order valence-corrected chi connectivity index (χ4v) is 7.13. The number of H-pyrrole nitrogens is 1. The Bertz CT molecular complexity index is 2550. The van der Waals surface area contributed by atoms with Crippen LogP contribution in [-0.2, 0) is 37.6 Å². The van der Waals surface area contributed by atoms with Crippen molar-refractivity contribution >= 4 is 52.4 Å². The van der Waals surface area contributed by atoms with E-state index in [-0.39, 0.29) is 53.0 Å². The lowest BCUT2D eigenvalue weighted by molar-refractivity contribution is -0.130. The second-order valence-corrected chi connectivity index (χ2v) is 14.6. The van der Waals surface area contributed by atoms with Gasteiger partial charge in [0.1, 0.15) is 17.6 Å². The van der Waals surface area contributed by atoms with Gasteiger partial charge in [0.2, 0.25) is 23.6 Å². The van der Waals surface area contributed by atoms with E-state index in [9.17, 15) is 48.2 Å². The Labute approximate surface area is 360 Å². The molecule has 330 valence electrons. The van der Waals surface area contributed by atoms with E-state index in [1.54, 1.807) is 54.6 Å². The van der Waals surface area contributed by atoms with Crippen LogP contribution in [-0.4, -0.2) is 114 Å². The molecule has 1 aromatic heterocycles. The lowest BCUT2D eigenvalue weighted by Crippen LogP contribution is -2.55. The molecule has 5 rings (SSSR count). The maximum Gasteiger partial charge on any atom is 0.407 e. The highest BCUT2D eigenvalue weighted by atomic mass is 19.1. The van der Waals surface area contributed by atoms with E-state index in [4.69, 9.17) is 10.5 Å². The Morgan fingerprint density at radius 3 is 2.16 bits per heavy atom. The average molecular weight is 867 g/mol. The lowest BCUT2D eigenvalue weighted by atomic mass is 9.79. The molecule has 0 bridgehead atoms. The van der Waals surface area contributed by atoms with E-state index >= 15 is 0 Å². The van der Waals surface area contributed by atoms with Crippen molar-refractivity contribution in [1.29, 1.82) is 0 Å². The maximum atomic E-state index is 14.2. The molecule has 63 heavy (non-hydrogen) atoms. The standard InChI is InChI=1S/C44H47FN8O10/c1-52(42(59)60)25-44(53(2)43(61)62,40-35(63-3)17-16-31-39(40)34(54)20-32(50-31)28-10-7-11-29(45)19-28)21-27-12-14-30(15-13-27)49-37(56)24-48-41(58)33(18-26-8-5-4-6-9-26)51-38(57)23-47-36(55)22-46/h4-17,19-20,33H,18,21-25,46H2,1-3H3,(H,47,55)(H,48,58)(H,49,56)(H,50,54)(H,51,57)(H,59,60)(H,61,62)/t33?,44-/m1/s1. The molecule has 2 atom stereocenters. The number of nitrogens with one attached hydrogen (secondary N) is 5. The van der Waals surface area contributed by atoms with E-state index in [2.05, 4.69) is 26.3 Å². The van der Waals surface area contributed by atoms with Crippen LogP contribution in [0.4, 0.5) is 19.7 Å². The van der Waals surface area contributed by atoms with E-state index in [0.717, 1.165) is 15.4 Å². The first kappa shape index (κ1) is 46.3. The first-order valence-corrected chi connectivity index (χ1v) is 19.4. The highest BCUT2D eigenvalue weighted by Gasteiger charge is 2.45. The number of hydrogen-bond acceptors (Lipinski definition) is 9. The van der Waals surface area contributed by atoms with Crippen LogP contribution in [0.5, 0.6) is 5.75 Å². The predicted molar refractivity (Wildman–Crippen MR) is 231 cm³/mol. The van der Waals surface area contributed by atoms with Gasteiger partial charge in [-0.2, -0.15) is 0 Å². The predicted octanol–water partition coefficient (Wildman–Crippen LogP) is 2.86. The first-order chi connectivity index (χ1) is 30.0. The Hall–Kier alpha value is -7.80. The summed E-state index contributed by atoms with van der Waals surface area (Å²) in [5.41, 5.74) is 5.32. The molecule has 0 aliphatic carbocycles. The number of carbonyl (C=O) groups is 6. The van der Waals surface area contributed by atoms with Crippen molar-refractivity contribution in [3.8, 4) is 17.0 Å². The number of halogens is 1. The average Bonchev–Trinajstić information content (AvgIpc) is 3.27. The molecule has 18 nitrogen and oxygen atoms in total. The van der Waals surface area contributed by atoms with Gasteiger partial charge in [0.25, 0.3) is 0 Å². The number of nitrogens with zero attached hydrogens (tertiary/aromatic N) is 2. The molecule has 6 amide bonds. The van der Waals surface area contributed by atoms with Crippen molar-refractivity contribution in [2.45, 2.75) is 24.4 Å². The SMILES string of the molecule is COc1ccc2[nH]c(-c3cccc(F)c3)cc(=O)c2c1[C@@](Cc1ccc(NC(=O)CNC(=O)C(Cc2ccccc2)NC(=O)CNC(=O)CN)cc1)(CN(C)C(=O)O)N(C)C(=O)O. The van der Waals surface area contributed by atoms with Gasteiger partial charge < -0.3 is 51.8 Å². The molecule has 0 saturated carbocycles. The van der Waals surface area contributed by atoms with E-state index < -0.39 is 78.3 Å². The third-order valence-electron chi connectivity index (χ3n) is 10.3. The van der Waals surface area contributed by atoms with Crippen molar-refractivity contribution in [2.75, 3.05) is 52.7 Å². The highest BCUT2D eigenvalue weighted by molar-refractivity contribution is 5.96. The van der Waals surface area contributed by atoms with Crippen molar-refractivity contribution in [3.63, 3.8) is 0 Å². The Morgan fingerprint density at radius 2 is 1.52 bits per heavy atom. The molecule has 5 aromatic rings. The van der Waals surface area contributed by atoms with Gasteiger partial charge in [-0.05, 0) is 47.5 Å². The molecule has 0 aliphatic heterocycles. The minimum atomic E-state index is -1.83. The number of carbonyl (C=O) groups excluding carboxylic acids is 4. The minimum absolute atomic E-state index is 0.0104. The molecular formula is C44H47FN8O10. The number of carboxylic acid groups (broad SMARTS) is 2. The molecule has 0 aliphatic rings. The summed E-state index contributed by atoms with van der Waals surface area (Å²) >= 11 is 0. The van der Waals surface area contributed by atoms with Crippen LogP contribution >= 0.6 is 0 Å². The first-order valence-electron chi connectivity index (χ1n) is 19.4. The molecule has 0 fully saturated rings. The van der Waals surface area contributed by atoms with Gasteiger partial charge in [-0.25, -0.2) is 14.0 Å². The van der Waals surface area contributed by atoms with Crippen LogP contribution in [0.25, 0.3) is 22.2 Å². The van der Waals surface area contributed by atoms with Crippen molar-refractivity contribution in [3.05, 3.63) is 130 Å². The van der Waals surface area contributed by atoms with Gasteiger partial charge in [-0.1, -0.05) is 54.6 Å². The summed E-state index contributed by atoms with van der Waals surface area (Å²) in [6.07, 6.45) is -2.95. The van der Waals surface area contributed by atoms with Crippen molar-refractivity contribution in [2.24, 2.45) is 5.73 Å². The zero-order valence-corrected chi connectivity index (χ0v) is 34.6. The van der Waals surface area contributed by atoms with Gasteiger partial charge >= 0.3 is 12.2 Å². The topological polar surface area (TPSA) is 266 Å². The molecule has 1 heterocycles. The number of hydrogen-bond donors (Lipinski definition) is 8. The quantitative estimate of drug-likeness (QED) is 0.0635. The molecule has 4 aromatic carbocycles. The minimum Gasteiger partial charge on any atom is -0.496 e. The number of anilines is 1. The number of aromatic amines is 1. The van der Waals surface area contributed by atoms with Crippen molar-refractivity contribution in [1.82, 2.24) is 30.7 Å². The molecule has 19 heteroatoms. The number of aromatic nitrogens is 1. The number of benzene rings is 4. The van der Waals surface area contributed by atoms with Gasteiger partial charge in [0.15, 0.2) is 5.43 Å². The normalized spacial score (nSPS) is 12.3. The van der Waals surface area contributed by atoms with Gasteiger partial charge in [-0.15, -0.1) is 0 Å². The molecule has 0 radical (unpaired) electrons. The Kier molecular flexibility index (Phi) is 15.2. The van der Waals surface area contributed by atoms with Gasteiger partial charge in [0.05, 0.1) is 49.7 Å². The van der Waals surface area contributed by atoms with Crippen molar-refractivity contribution < 1.29 is 48.1 Å². The van der Waals surface area contributed by atoms with E-state index in [1.165, 1.54) is 63.7 Å². The van der Waals surface area contributed by atoms with Gasteiger partial charge in [0, 0.05) is 55.5 Å². The summed E-state index contributed by atoms with van der Waals surface area (Å²) in [5.74, 6) is -2.94. The summed E-state index contributed by atoms with van der Waals surface area (Å²) in [7, 11) is 3.84. The molecule has 0 spiro atoms. The molecular weight excluding hydrogens is 820 g/mol. The number of rotatable bonds is 18.